The third-order valence-corrected chi connectivity index (χ3v) is 5.04. The molecule has 1 saturated carbocycles. The molecule has 1 aromatic carbocycles. The van der Waals surface area contributed by atoms with Crippen LogP contribution in [0.1, 0.15) is 24.5 Å². The molecule has 5 nitrogen and oxygen atoms in total. The van der Waals surface area contributed by atoms with Crippen LogP contribution < -0.4 is 0 Å². The lowest BCUT2D eigenvalue weighted by molar-refractivity contribution is 0.968. The number of benzene rings is 1. The first-order chi connectivity index (χ1) is 12.7. The molecule has 26 heavy (non-hydrogen) atoms. The Bertz CT molecular complexity index is 1160. The van der Waals surface area contributed by atoms with Crippen LogP contribution in [0.3, 0.4) is 0 Å². The van der Waals surface area contributed by atoms with Crippen LogP contribution in [0.2, 0.25) is 5.02 Å². The fraction of sp³-hybridized carbons (Fsp3) is 0.150. The highest BCUT2D eigenvalue weighted by Gasteiger charge is 2.31. The van der Waals surface area contributed by atoms with Crippen molar-refractivity contribution in [1.29, 1.82) is 0 Å². The van der Waals surface area contributed by atoms with E-state index in [0.29, 0.717) is 16.8 Å². The first-order valence-corrected chi connectivity index (χ1v) is 8.81. The van der Waals surface area contributed by atoms with Crippen molar-refractivity contribution in [3.8, 4) is 22.4 Å². The van der Waals surface area contributed by atoms with Crippen molar-refractivity contribution in [2.24, 2.45) is 0 Å². The van der Waals surface area contributed by atoms with Crippen molar-refractivity contribution in [2.45, 2.75) is 18.8 Å². The van der Waals surface area contributed by atoms with Gasteiger partial charge in [0.1, 0.15) is 5.69 Å². The zero-order valence-electron chi connectivity index (χ0n) is 13.8. The zero-order chi connectivity index (χ0) is 17.7. The van der Waals surface area contributed by atoms with Gasteiger partial charge in [0.05, 0.1) is 12.4 Å². The number of aromatic nitrogens is 4. The lowest BCUT2D eigenvalue weighted by Gasteiger charge is -2.06. The molecule has 5 rings (SSSR count). The Hall–Kier alpha value is -3.10. The first kappa shape index (κ1) is 15.2. The van der Waals surface area contributed by atoms with Crippen molar-refractivity contribution >= 4 is 23.1 Å². The molecule has 0 saturated heterocycles. The topological polar surface area (TPSA) is 50.3 Å². The van der Waals surface area contributed by atoms with Gasteiger partial charge in [0.15, 0.2) is 0 Å². The summed E-state index contributed by atoms with van der Waals surface area (Å²) in [4.78, 5) is 7.84. The molecule has 4 aromatic rings. The zero-order valence-corrected chi connectivity index (χ0v) is 14.5. The summed E-state index contributed by atoms with van der Waals surface area (Å²) in [6, 6.07) is 11.7. The lowest BCUT2D eigenvalue weighted by atomic mass is 9.98. The van der Waals surface area contributed by atoms with E-state index in [-0.39, 0.29) is 0 Å². The normalized spacial score (nSPS) is 13.8. The summed E-state index contributed by atoms with van der Waals surface area (Å²) in [5, 5.41) is 8.56. The summed E-state index contributed by atoms with van der Waals surface area (Å²) in [5.41, 5.74) is 5.99. The number of hydrogen-bond acceptors (Lipinski definition) is 2. The molecule has 1 aliphatic carbocycles. The van der Waals surface area contributed by atoms with Gasteiger partial charge in [-0.2, -0.15) is 5.10 Å². The molecule has 0 atom stereocenters. The number of imidazole rings is 1. The van der Waals surface area contributed by atoms with Crippen molar-refractivity contribution in [3.63, 3.8) is 0 Å². The Morgan fingerprint density at radius 2 is 1.88 bits per heavy atom. The standard InChI is InChI=1S/C20H14ClN5/c1-22-17-10-23-16-9-6-14(11-26(16)17)18-19(12-2-3-12)24-25-20(18)13-4-7-15(21)8-5-13/h4-12H,2-3H2,(H,24,25). The number of aromatic amines is 1. The predicted molar refractivity (Wildman–Crippen MR) is 101 cm³/mol. The van der Waals surface area contributed by atoms with Crippen LogP contribution in [0.15, 0.2) is 48.8 Å². The SMILES string of the molecule is [C-]#[N+]c1cnc2ccc(-c3c(-c4ccc(Cl)cc4)n[nH]c3C3CC3)cn12. The average molecular weight is 360 g/mol. The minimum atomic E-state index is 0.506. The number of rotatable bonds is 3. The van der Waals surface area contributed by atoms with E-state index in [2.05, 4.69) is 20.0 Å². The Labute approximate surface area is 155 Å². The smallest absolute Gasteiger partial charge is 0.254 e. The van der Waals surface area contributed by atoms with E-state index in [0.717, 1.165) is 28.0 Å². The van der Waals surface area contributed by atoms with E-state index in [4.69, 9.17) is 18.2 Å². The number of nitrogens with one attached hydrogen (secondary N) is 1. The van der Waals surface area contributed by atoms with Gasteiger partial charge >= 0.3 is 0 Å². The molecule has 3 heterocycles. The van der Waals surface area contributed by atoms with Crippen LogP contribution >= 0.6 is 11.6 Å². The van der Waals surface area contributed by atoms with Crippen molar-refractivity contribution < 1.29 is 0 Å². The van der Waals surface area contributed by atoms with Crippen LogP contribution in [0.25, 0.3) is 32.9 Å². The van der Waals surface area contributed by atoms with Gasteiger partial charge in [-0.05, 0) is 31.0 Å². The molecule has 0 aliphatic heterocycles. The number of halogens is 1. The third kappa shape index (κ3) is 2.39. The average Bonchev–Trinajstić information content (AvgIpc) is 3.28. The molecule has 0 spiro atoms. The van der Waals surface area contributed by atoms with E-state index < -0.39 is 0 Å². The predicted octanol–water partition coefficient (Wildman–Crippen LogP) is 5.47. The molecule has 0 radical (unpaired) electrons. The minimum absolute atomic E-state index is 0.506. The molecular weight excluding hydrogens is 346 g/mol. The summed E-state index contributed by atoms with van der Waals surface area (Å²) >= 11 is 6.04. The molecule has 1 fully saturated rings. The fourth-order valence-electron chi connectivity index (χ4n) is 3.33. The number of fused-ring (bicyclic) bond motifs is 1. The number of H-pyrrole nitrogens is 1. The van der Waals surface area contributed by atoms with E-state index in [9.17, 15) is 0 Å². The van der Waals surface area contributed by atoms with Gasteiger partial charge in [-0.1, -0.05) is 30.3 Å². The lowest BCUT2D eigenvalue weighted by Crippen LogP contribution is -1.91. The number of hydrogen-bond donors (Lipinski definition) is 1. The minimum Gasteiger partial charge on any atom is -0.362 e. The quantitative estimate of drug-likeness (QED) is 0.493. The molecule has 126 valence electrons. The Kier molecular flexibility index (Phi) is 3.34. The van der Waals surface area contributed by atoms with Gasteiger partial charge in [0, 0.05) is 39.4 Å². The van der Waals surface area contributed by atoms with E-state index >= 15 is 0 Å². The van der Waals surface area contributed by atoms with Crippen LogP contribution in [0, 0.1) is 6.57 Å². The fourth-order valence-corrected chi connectivity index (χ4v) is 3.46. The number of nitrogens with zero attached hydrogens (tertiary/aromatic N) is 4. The molecule has 6 heteroatoms. The Balaban J connectivity index is 1.74. The molecule has 3 aromatic heterocycles. The highest BCUT2D eigenvalue weighted by Crippen LogP contribution is 2.46. The second-order valence-corrected chi connectivity index (χ2v) is 6.95. The van der Waals surface area contributed by atoms with Crippen LogP contribution in [0.4, 0.5) is 5.82 Å². The van der Waals surface area contributed by atoms with Gasteiger partial charge in [0.2, 0.25) is 5.65 Å². The van der Waals surface area contributed by atoms with Crippen molar-refractivity contribution in [1.82, 2.24) is 19.6 Å². The highest BCUT2D eigenvalue weighted by atomic mass is 35.5. The van der Waals surface area contributed by atoms with Crippen LogP contribution in [-0.4, -0.2) is 19.6 Å². The molecule has 0 amide bonds. The molecule has 1 N–H and O–H groups in total. The maximum Gasteiger partial charge on any atom is 0.254 e. The Morgan fingerprint density at radius 1 is 1.12 bits per heavy atom. The molecular formula is C20H14ClN5. The highest BCUT2D eigenvalue weighted by molar-refractivity contribution is 6.30. The second kappa shape index (κ2) is 5.72. The van der Waals surface area contributed by atoms with E-state index in [1.54, 1.807) is 6.20 Å². The van der Waals surface area contributed by atoms with Gasteiger partial charge in [0.25, 0.3) is 5.82 Å². The van der Waals surface area contributed by atoms with Crippen molar-refractivity contribution in [2.75, 3.05) is 0 Å². The van der Waals surface area contributed by atoms with Gasteiger partial charge in [-0.15, -0.1) is 0 Å². The monoisotopic (exact) mass is 359 g/mol. The molecule has 1 aliphatic rings. The first-order valence-electron chi connectivity index (χ1n) is 8.44. The van der Waals surface area contributed by atoms with Gasteiger partial charge < -0.3 is 4.85 Å². The van der Waals surface area contributed by atoms with Gasteiger partial charge in [-0.3, -0.25) is 5.10 Å². The summed E-state index contributed by atoms with van der Waals surface area (Å²) in [6.07, 6.45) is 5.93. The summed E-state index contributed by atoms with van der Waals surface area (Å²) < 4.78 is 1.83. The Morgan fingerprint density at radius 3 is 2.62 bits per heavy atom. The molecule has 0 unspecified atom stereocenters. The summed E-state index contributed by atoms with van der Waals surface area (Å²) in [5.74, 6) is 1.03. The summed E-state index contributed by atoms with van der Waals surface area (Å²) in [6.45, 7) is 7.34. The van der Waals surface area contributed by atoms with E-state index in [1.807, 2.05) is 47.0 Å². The van der Waals surface area contributed by atoms with Crippen LogP contribution in [0.5, 0.6) is 0 Å². The van der Waals surface area contributed by atoms with Crippen molar-refractivity contribution in [3.05, 3.63) is 70.9 Å². The van der Waals surface area contributed by atoms with Gasteiger partial charge in [-0.25, -0.2) is 9.38 Å². The van der Waals surface area contributed by atoms with E-state index in [1.165, 1.54) is 18.5 Å². The second-order valence-electron chi connectivity index (χ2n) is 6.52. The molecule has 0 bridgehead atoms. The van der Waals surface area contributed by atoms with Crippen LogP contribution in [-0.2, 0) is 0 Å². The summed E-state index contributed by atoms with van der Waals surface area (Å²) in [7, 11) is 0. The third-order valence-electron chi connectivity index (χ3n) is 4.79. The maximum atomic E-state index is 7.34. The maximum absolute atomic E-state index is 7.34. The number of pyridine rings is 1. The largest absolute Gasteiger partial charge is 0.362 e.